The Bertz CT molecular complexity index is 354. The third kappa shape index (κ3) is 1.69. The number of hydrogen-bond donors (Lipinski definition) is 1. The monoisotopic (exact) mass is 201 g/mol. The van der Waals surface area contributed by atoms with Crippen LogP contribution in [0.1, 0.15) is 49.1 Å². The molecule has 1 aliphatic heterocycles. The summed E-state index contributed by atoms with van der Waals surface area (Å²) in [4.78, 5) is 0. The molecule has 1 heterocycles. The fraction of sp³-hybridized carbons (Fsp3) is 0.571. The molecule has 0 amide bonds. The Hall–Kier alpha value is -0.820. The molecule has 1 aromatic rings. The van der Waals surface area contributed by atoms with Gasteiger partial charge in [-0.25, -0.2) is 0 Å². The summed E-state index contributed by atoms with van der Waals surface area (Å²) in [6.07, 6.45) is 4.13. The minimum Gasteiger partial charge on any atom is -0.314 e. The quantitative estimate of drug-likeness (QED) is 0.775. The fourth-order valence-electron chi connectivity index (χ4n) is 2.90. The van der Waals surface area contributed by atoms with Crippen LogP contribution in [-0.4, -0.2) is 12.6 Å². The zero-order chi connectivity index (χ0) is 10.3. The Morgan fingerprint density at radius 1 is 1.07 bits per heavy atom. The predicted octanol–water partition coefficient (Wildman–Crippen LogP) is 3.03. The highest BCUT2D eigenvalue weighted by atomic mass is 14.9. The molecule has 80 valence electrons. The molecule has 1 nitrogen and oxygen atoms in total. The van der Waals surface area contributed by atoms with Crippen LogP contribution < -0.4 is 5.32 Å². The molecule has 2 unspecified atom stereocenters. The predicted molar refractivity (Wildman–Crippen MR) is 63.2 cm³/mol. The van der Waals surface area contributed by atoms with Crippen LogP contribution in [0.25, 0.3) is 0 Å². The molecular formula is C14H19N. The molecule has 2 aliphatic rings. The van der Waals surface area contributed by atoms with Crippen LogP contribution in [0.3, 0.4) is 0 Å². The minimum atomic E-state index is 0.657. The molecule has 1 aromatic carbocycles. The van der Waals surface area contributed by atoms with Crippen molar-refractivity contribution in [3.8, 4) is 0 Å². The maximum atomic E-state index is 3.55. The summed E-state index contributed by atoms with van der Waals surface area (Å²) in [5, 5.41) is 3.55. The first kappa shape index (κ1) is 9.41. The molecule has 0 bridgehead atoms. The van der Waals surface area contributed by atoms with E-state index in [0.717, 1.165) is 11.8 Å². The van der Waals surface area contributed by atoms with Crippen LogP contribution >= 0.6 is 0 Å². The standard InChI is InChI=1S/C14H19N/c1-10-12(8-9-15-10)14-5-3-2-4-13(14)11-6-7-11/h2-5,10-12,15H,6-9H2,1H3. The molecule has 1 saturated carbocycles. The molecule has 1 heteroatoms. The lowest BCUT2D eigenvalue weighted by Gasteiger charge is -2.19. The second-order valence-electron chi connectivity index (χ2n) is 5.04. The topological polar surface area (TPSA) is 12.0 Å². The van der Waals surface area contributed by atoms with Gasteiger partial charge in [-0.05, 0) is 49.8 Å². The third-order valence-electron chi connectivity index (χ3n) is 3.94. The fourth-order valence-corrected chi connectivity index (χ4v) is 2.90. The lowest BCUT2D eigenvalue weighted by Crippen LogP contribution is -2.22. The molecule has 1 saturated heterocycles. The van der Waals surface area contributed by atoms with Crippen molar-refractivity contribution in [3.63, 3.8) is 0 Å². The van der Waals surface area contributed by atoms with Crippen LogP contribution in [0.5, 0.6) is 0 Å². The molecule has 3 rings (SSSR count). The van der Waals surface area contributed by atoms with E-state index in [4.69, 9.17) is 0 Å². The van der Waals surface area contributed by atoms with Gasteiger partial charge in [0, 0.05) is 12.0 Å². The van der Waals surface area contributed by atoms with E-state index in [2.05, 4.69) is 36.5 Å². The zero-order valence-corrected chi connectivity index (χ0v) is 9.37. The van der Waals surface area contributed by atoms with E-state index in [1.54, 1.807) is 11.1 Å². The Labute approximate surface area is 91.9 Å². The summed E-state index contributed by atoms with van der Waals surface area (Å²) >= 11 is 0. The smallest absolute Gasteiger partial charge is 0.0108 e. The van der Waals surface area contributed by atoms with Gasteiger partial charge in [0.1, 0.15) is 0 Å². The lowest BCUT2D eigenvalue weighted by molar-refractivity contribution is 0.590. The molecule has 0 radical (unpaired) electrons. The summed E-state index contributed by atoms with van der Waals surface area (Å²) < 4.78 is 0. The third-order valence-corrected chi connectivity index (χ3v) is 3.94. The van der Waals surface area contributed by atoms with Crippen molar-refractivity contribution in [3.05, 3.63) is 35.4 Å². The summed E-state index contributed by atoms with van der Waals surface area (Å²) in [5.74, 6) is 1.63. The summed E-state index contributed by atoms with van der Waals surface area (Å²) in [7, 11) is 0. The average Bonchev–Trinajstić information content (AvgIpc) is 3.02. The van der Waals surface area contributed by atoms with E-state index >= 15 is 0 Å². The highest BCUT2D eigenvalue weighted by Gasteiger charge is 2.31. The highest BCUT2D eigenvalue weighted by molar-refractivity contribution is 5.37. The minimum absolute atomic E-state index is 0.657. The highest BCUT2D eigenvalue weighted by Crippen LogP contribution is 2.44. The van der Waals surface area contributed by atoms with Gasteiger partial charge in [0.05, 0.1) is 0 Å². The summed E-state index contributed by atoms with van der Waals surface area (Å²) in [5.41, 5.74) is 3.26. The van der Waals surface area contributed by atoms with E-state index in [0.29, 0.717) is 6.04 Å². The zero-order valence-electron chi connectivity index (χ0n) is 9.37. The van der Waals surface area contributed by atoms with Crippen molar-refractivity contribution in [1.29, 1.82) is 0 Å². The largest absolute Gasteiger partial charge is 0.314 e. The molecular weight excluding hydrogens is 182 g/mol. The first-order valence-corrected chi connectivity index (χ1v) is 6.18. The molecule has 1 aliphatic carbocycles. The summed E-state index contributed by atoms with van der Waals surface area (Å²) in [6, 6.07) is 9.75. The van der Waals surface area contributed by atoms with Crippen LogP contribution in [0.4, 0.5) is 0 Å². The maximum Gasteiger partial charge on any atom is 0.0108 e. The molecule has 2 atom stereocenters. The van der Waals surface area contributed by atoms with Gasteiger partial charge in [-0.1, -0.05) is 24.3 Å². The normalized spacial score (nSPS) is 30.7. The second-order valence-corrected chi connectivity index (χ2v) is 5.04. The SMILES string of the molecule is CC1NCCC1c1ccccc1C1CC1. The van der Waals surface area contributed by atoms with Gasteiger partial charge in [0.25, 0.3) is 0 Å². The second kappa shape index (κ2) is 3.64. The van der Waals surface area contributed by atoms with Crippen LogP contribution in [0.2, 0.25) is 0 Å². The van der Waals surface area contributed by atoms with Gasteiger partial charge in [-0.3, -0.25) is 0 Å². The number of hydrogen-bond acceptors (Lipinski definition) is 1. The van der Waals surface area contributed by atoms with E-state index < -0.39 is 0 Å². The summed E-state index contributed by atoms with van der Waals surface area (Å²) in [6.45, 7) is 3.51. The van der Waals surface area contributed by atoms with Gasteiger partial charge in [-0.15, -0.1) is 0 Å². The Balaban J connectivity index is 1.95. The van der Waals surface area contributed by atoms with E-state index in [-0.39, 0.29) is 0 Å². The number of rotatable bonds is 2. The van der Waals surface area contributed by atoms with Crippen molar-refractivity contribution in [1.82, 2.24) is 5.32 Å². The first-order chi connectivity index (χ1) is 7.36. The molecule has 15 heavy (non-hydrogen) atoms. The number of benzene rings is 1. The maximum absolute atomic E-state index is 3.55. The van der Waals surface area contributed by atoms with Crippen LogP contribution in [-0.2, 0) is 0 Å². The van der Waals surface area contributed by atoms with Crippen LogP contribution in [0, 0.1) is 0 Å². The van der Waals surface area contributed by atoms with E-state index in [9.17, 15) is 0 Å². The van der Waals surface area contributed by atoms with Gasteiger partial charge in [-0.2, -0.15) is 0 Å². The van der Waals surface area contributed by atoms with Crippen molar-refractivity contribution in [2.24, 2.45) is 0 Å². The molecule has 0 spiro atoms. The van der Waals surface area contributed by atoms with Gasteiger partial charge in [0.2, 0.25) is 0 Å². The van der Waals surface area contributed by atoms with Crippen molar-refractivity contribution in [2.75, 3.05) is 6.54 Å². The first-order valence-electron chi connectivity index (χ1n) is 6.18. The average molecular weight is 201 g/mol. The van der Waals surface area contributed by atoms with Crippen molar-refractivity contribution in [2.45, 2.75) is 44.1 Å². The lowest BCUT2D eigenvalue weighted by atomic mass is 9.87. The van der Waals surface area contributed by atoms with Crippen molar-refractivity contribution >= 4 is 0 Å². The molecule has 2 fully saturated rings. The van der Waals surface area contributed by atoms with Gasteiger partial charge < -0.3 is 5.32 Å². The van der Waals surface area contributed by atoms with Gasteiger partial charge in [0.15, 0.2) is 0 Å². The Morgan fingerprint density at radius 3 is 2.40 bits per heavy atom. The van der Waals surface area contributed by atoms with Gasteiger partial charge >= 0.3 is 0 Å². The Kier molecular flexibility index (Phi) is 2.28. The molecule has 0 aromatic heterocycles. The van der Waals surface area contributed by atoms with Crippen LogP contribution in [0.15, 0.2) is 24.3 Å². The Morgan fingerprint density at radius 2 is 1.80 bits per heavy atom. The van der Waals surface area contributed by atoms with Crippen molar-refractivity contribution < 1.29 is 0 Å². The molecule has 1 N–H and O–H groups in total. The van der Waals surface area contributed by atoms with E-state index in [1.165, 1.54) is 25.8 Å². The van der Waals surface area contributed by atoms with E-state index in [1.807, 2.05) is 0 Å². The number of nitrogens with one attached hydrogen (secondary N) is 1.